The van der Waals surface area contributed by atoms with E-state index in [0.29, 0.717) is 18.4 Å². The fraction of sp³-hybridized carbons (Fsp3) is 0.536. The number of aryl methyl sites for hydroxylation is 1. The summed E-state index contributed by atoms with van der Waals surface area (Å²) in [5.41, 5.74) is 5.16. The zero-order valence-corrected chi connectivity index (χ0v) is 19.5. The number of nitrogens with one attached hydrogen (secondary N) is 3. The first-order chi connectivity index (χ1) is 15.7. The molecule has 3 N–H and O–H groups in total. The van der Waals surface area contributed by atoms with E-state index in [1.54, 1.807) is 0 Å². The van der Waals surface area contributed by atoms with E-state index in [1.807, 2.05) is 0 Å². The minimum absolute atomic E-state index is 0.154. The maximum Gasteiger partial charge on any atom is 0.220 e. The fourth-order valence-corrected chi connectivity index (χ4v) is 4.77. The van der Waals surface area contributed by atoms with Crippen LogP contribution in [-0.4, -0.2) is 38.1 Å². The molecule has 0 spiro atoms. The predicted molar refractivity (Wildman–Crippen MR) is 133 cm³/mol. The normalized spacial score (nSPS) is 20.8. The van der Waals surface area contributed by atoms with Crippen LogP contribution in [0.25, 0.3) is 11.1 Å². The Morgan fingerprint density at radius 3 is 2.66 bits per heavy atom. The van der Waals surface area contributed by atoms with E-state index in [1.165, 1.54) is 61.2 Å². The fourth-order valence-electron chi connectivity index (χ4n) is 4.77. The van der Waals surface area contributed by atoms with Gasteiger partial charge in [-0.3, -0.25) is 4.79 Å². The van der Waals surface area contributed by atoms with Gasteiger partial charge >= 0.3 is 0 Å². The Morgan fingerprint density at radius 1 is 1.06 bits per heavy atom. The van der Waals surface area contributed by atoms with E-state index in [4.69, 9.17) is 0 Å². The number of hydrogen-bond acceptors (Lipinski definition) is 3. The Balaban J connectivity index is 1.26. The summed E-state index contributed by atoms with van der Waals surface area (Å²) in [4.78, 5) is 12.0. The summed E-state index contributed by atoms with van der Waals surface area (Å²) in [6, 6.07) is 18.4. The van der Waals surface area contributed by atoms with Crippen LogP contribution in [0.1, 0.15) is 62.5 Å². The van der Waals surface area contributed by atoms with Crippen LogP contribution in [0.2, 0.25) is 0 Å². The molecule has 1 aliphatic carbocycles. The van der Waals surface area contributed by atoms with Gasteiger partial charge < -0.3 is 16.0 Å². The highest BCUT2D eigenvalue weighted by Gasteiger charge is 2.38. The van der Waals surface area contributed by atoms with Gasteiger partial charge in [0.1, 0.15) is 0 Å². The molecule has 0 aromatic heterocycles. The number of unbranched alkanes of at least 4 members (excludes halogenated alkanes) is 1. The first-order valence-electron chi connectivity index (χ1n) is 12.6. The summed E-state index contributed by atoms with van der Waals surface area (Å²) in [6.07, 6.45) is 7.38. The zero-order valence-electron chi connectivity index (χ0n) is 19.5. The van der Waals surface area contributed by atoms with Crippen molar-refractivity contribution in [1.29, 1.82) is 0 Å². The average molecular weight is 434 g/mol. The van der Waals surface area contributed by atoms with Gasteiger partial charge in [-0.1, -0.05) is 61.9 Å². The van der Waals surface area contributed by atoms with Crippen molar-refractivity contribution in [3.8, 4) is 11.1 Å². The maximum atomic E-state index is 12.0. The van der Waals surface area contributed by atoms with Gasteiger partial charge in [0.05, 0.1) is 0 Å². The molecule has 1 saturated carbocycles. The highest BCUT2D eigenvalue weighted by Crippen LogP contribution is 2.41. The predicted octanol–water partition coefficient (Wildman–Crippen LogP) is 4.65. The second kappa shape index (κ2) is 11.6. The second-order valence-corrected chi connectivity index (χ2v) is 9.58. The molecule has 2 aromatic rings. The van der Waals surface area contributed by atoms with Crippen molar-refractivity contribution in [2.24, 2.45) is 5.92 Å². The molecule has 4 rings (SSSR count). The van der Waals surface area contributed by atoms with Crippen molar-refractivity contribution in [2.45, 2.75) is 63.8 Å². The Labute approximate surface area is 193 Å². The molecule has 1 saturated heterocycles. The summed E-state index contributed by atoms with van der Waals surface area (Å²) in [7, 11) is 0. The van der Waals surface area contributed by atoms with E-state index in [-0.39, 0.29) is 5.91 Å². The highest BCUT2D eigenvalue weighted by atomic mass is 16.1. The van der Waals surface area contributed by atoms with Crippen LogP contribution in [0.5, 0.6) is 0 Å². The molecule has 1 amide bonds. The number of carbonyl (C=O) groups excluding carboxylic acids is 1. The monoisotopic (exact) mass is 433 g/mol. The minimum atomic E-state index is 0.154. The number of benzene rings is 2. The maximum absolute atomic E-state index is 12.0. The number of amides is 1. The van der Waals surface area contributed by atoms with Gasteiger partial charge in [-0.2, -0.15) is 0 Å². The second-order valence-electron chi connectivity index (χ2n) is 9.58. The first kappa shape index (κ1) is 23.0. The molecule has 1 heterocycles. The van der Waals surface area contributed by atoms with Gasteiger partial charge in [0, 0.05) is 24.9 Å². The van der Waals surface area contributed by atoms with Crippen molar-refractivity contribution in [3.63, 3.8) is 0 Å². The van der Waals surface area contributed by atoms with E-state index in [2.05, 4.69) is 71.4 Å². The Morgan fingerprint density at radius 2 is 1.88 bits per heavy atom. The Bertz CT molecular complexity index is 857. The molecule has 1 aliphatic heterocycles. The standard InChI is InChI=1S/C28H39N3O/c1-2-3-15-30-28(32)12-7-21-5-4-6-25(18-21)23-8-10-24(11-9-23)26-19-27(26)31-20-22-13-16-29-17-14-22/h4-6,8-11,18,22,26-27,29,31H,2-3,7,12-17,19-20H2,1H3,(H,30,32)/t26-,27+/m0/s1. The molecule has 0 bridgehead atoms. The Hall–Kier alpha value is -2.17. The van der Waals surface area contributed by atoms with E-state index >= 15 is 0 Å². The number of hydrogen-bond donors (Lipinski definition) is 3. The van der Waals surface area contributed by atoms with E-state index in [0.717, 1.165) is 31.7 Å². The summed E-state index contributed by atoms with van der Waals surface area (Å²) in [5, 5.41) is 10.3. The first-order valence-corrected chi connectivity index (χ1v) is 12.6. The summed E-state index contributed by atoms with van der Waals surface area (Å²) in [5.74, 6) is 1.67. The number of carbonyl (C=O) groups is 1. The van der Waals surface area contributed by atoms with Crippen molar-refractivity contribution in [3.05, 3.63) is 59.7 Å². The molecule has 4 heteroatoms. The molecule has 0 radical (unpaired) electrons. The third-order valence-electron chi connectivity index (χ3n) is 7.01. The van der Waals surface area contributed by atoms with Crippen LogP contribution in [-0.2, 0) is 11.2 Å². The van der Waals surface area contributed by atoms with Crippen molar-refractivity contribution in [2.75, 3.05) is 26.2 Å². The van der Waals surface area contributed by atoms with Gasteiger partial charge in [-0.05, 0) is 79.9 Å². The molecule has 172 valence electrons. The average Bonchev–Trinajstić information content (AvgIpc) is 3.62. The van der Waals surface area contributed by atoms with Crippen LogP contribution in [0.4, 0.5) is 0 Å². The minimum Gasteiger partial charge on any atom is -0.356 e. The van der Waals surface area contributed by atoms with Gasteiger partial charge in [0.15, 0.2) is 0 Å². The van der Waals surface area contributed by atoms with Crippen LogP contribution in [0.15, 0.2) is 48.5 Å². The van der Waals surface area contributed by atoms with E-state index < -0.39 is 0 Å². The molecule has 0 unspecified atom stereocenters. The number of piperidine rings is 1. The quantitative estimate of drug-likeness (QED) is 0.452. The SMILES string of the molecule is CCCCNC(=O)CCc1cccc(-c2ccc([C@@H]3C[C@H]3NCC3CCNCC3)cc2)c1. The summed E-state index contributed by atoms with van der Waals surface area (Å²) < 4.78 is 0. The summed E-state index contributed by atoms with van der Waals surface area (Å²) in [6.45, 7) is 6.45. The van der Waals surface area contributed by atoms with Crippen LogP contribution >= 0.6 is 0 Å². The topological polar surface area (TPSA) is 53.2 Å². The smallest absolute Gasteiger partial charge is 0.220 e. The zero-order chi connectivity index (χ0) is 22.2. The molecular formula is C28H39N3O. The van der Waals surface area contributed by atoms with Gasteiger partial charge in [0.2, 0.25) is 5.91 Å². The molecule has 4 nitrogen and oxygen atoms in total. The highest BCUT2D eigenvalue weighted by molar-refractivity contribution is 5.76. The van der Waals surface area contributed by atoms with Gasteiger partial charge in [-0.25, -0.2) is 0 Å². The van der Waals surface area contributed by atoms with Gasteiger partial charge in [0.25, 0.3) is 0 Å². The van der Waals surface area contributed by atoms with Crippen LogP contribution in [0.3, 0.4) is 0 Å². The van der Waals surface area contributed by atoms with Crippen LogP contribution in [0, 0.1) is 5.92 Å². The van der Waals surface area contributed by atoms with E-state index in [9.17, 15) is 4.79 Å². The molecular weight excluding hydrogens is 394 g/mol. The lowest BCUT2D eigenvalue weighted by Crippen LogP contribution is -2.34. The largest absolute Gasteiger partial charge is 0.356 e. The summed E-state index contributed by atoms with van der Waals surface area (Å²) >= 11 is 0. The van der Waals surface area contributed by atoms with Crippen molar-refractivity contribution >= 4 is 5.91 Å². The van der Waals surface area contributed by atoms with Gasteiger partial charge in [-0.15, -0.1) is 0 Å². The third kappa shape index (κ3) is 6.66. The lowest BCUT2D eigenvalue weighted by molar-refractivity contribution is -0.121. The molecule has 2 aromatic carbocycles. The lowest BCUT2D eigenvalue weighted by atomic mass is 9.98. The molecule has 32 heavy (non-hydrogen) atoms. The Kier molecular flexibility index (Phi) is 8.36. The molecule has 2 aliphatic rings. The van der Waals surface area contributed by atoms with Crippen LogP contribution < -0.4 is 16.0 Å². The molecule has 2 fully saturated rings. The number of rotatable bonds is 11. The van der Waals surface area contributed by atoms with Crippen molar-refractivity contribution < 1.29 is 4.79 Å². The van der Waals surface area contributed by atoms with Crippen molar-refractivity contribution in [1.82, 2.24) is 16.0 Å². The third-order valence-corrected chi connectivity index (χ3v) is 7.01. The molecule has 2 atom stereocenters. The lowest BCUT2D eigenvalue weighted by Gasteiger charge is -2.22.